The number of nitrogens with zero attached hydrogens (tertiary/aromatic N) is 3. The fraction of sp³-hybridized carbons (Fsp3) is 0.0714. The maximum atomic E-state index is 13.0. The van der Waals surface area contributed by atoms with Gasteiger partial charge in [-0.25, -0.2) is 4.39 Å². The van der Waals surface area contributed by atoms with E-state index in [1.165, 1.54) is 12.1 Å². The van der Waals surface area contributed by atoms with Crippen molar-refractivity contribution in [1.29, 1.82) is 0 Å². The Bertz CT molecular complexity index is 798. The average Bonchev–Trinajstić information content (AvgIpc) is 3.02. The SMILES string of the molecule is Fc1ccc(COc2ccc(-c3nn[nH]n3)cc2Br)c(Cl)c1. The lowest BCUT2D eigenvalue weighted by atomic mass is 10.2. The van der Waals surface area contributed by atoms with Crippen molar-refractivity contribution in [3.8, 4) is 17.1 Å². The molecule has 0 saturated carbocycles. The summed E-state index contributed by atoms with van der Waals surface area (Å²) >= 11 is 9.40. The van der Waals surface area contributed by atoms with Gasteiger partial charge in [0.15, 0.2) is 0 Å². The summed E-state index contributed by atoms with van der Waals surface area (Å²) in [6.45, 7) is 0.235. The number of nitrogens with one attached hydrogen (secondary N) is 1. The molecule has 1 heterocycles. The van der Waals surface area contributed by atoms with Gasteiger partial charge < -0.3 is 4.74 Å². The molecule has 0 aliphatic rings. The number of H-pyrrole nitrogens is 1. The van der Waals surface area contributed by atoms with Crippen LogP contribution in [0.1, 0.15) is 5.56 Å². The Morgan fingerprint density at radius 1 is 1.23 bits per heavy atom. The van der Waals surface area contributed by atoms with Gasteiger partial charge in [0, 0.05) is 11.1 Å². The third kappa shape index (κ3) is 3.26. The Hall–Kier alpha value is -1.99. The number of hydrogen-bond donors (Lipinski definition) is 1. The molecule has 1 N–H and O–H groups in total. The summed E-state index contributed by atoms with van der Waals surface area (Å²) in [6.07, 6.45) is 0. The van der Waals surface area contributed by atoms with Gasteiger partial charge in [-0.15, -0.1) is 10.2 Å². The van der Waals surface area contributed by atoms with Crippen molar-refractivity contribution >= 4 is 27.5 Å². The second kappa shape index (κ2) is 6.41. The molecule has 0 saturated heterocycles. The van der Waals surface area contributed by atoms with Gasteiger partial charge in [-0.3, -0.25) is 0 Å². The van der Waals surface area contributed by atoms with Gasteiger partial charge in [0.2, 0.25) is 5.82 Å². The normalized spacial score (nSPS) is 10.7. The van der Waals surface area contributed by atoms with Crippen LogP contribution in [0.3, 0.4) is 0 Å². The van der Waals surface area contributed by atoms with E-state index in [9.17, 15) is 4.39 Å². The molecular formula is C14H9BrClFN4O. The third-order valence-corrected chi connectivity index (χ3v) is 3.91. The Balaban J connectivity index is 1.75. The Morgan fingerprint density at radius 3 is 2.77 bits per heavy atom. The summed E-state index contributed by atoms with van der Waals surface area (Å²) in [5.41, 5.74) is 1.50. The minimum atomic E-state index is -0.376. The van der Waals surface area contributed by atoms with E-state index in [0.717, 1.165) is 10.0 Å². The molecule has 0 radical (unpaired) electrons. The standard InChI is InChI=1S/C14H9BrClFN4O/c15-11-5-8(14-18-20-21-19-14)2-4-13(11)22-7-9-1-3-10(17)6-12(9)16/h1-6H,7H2,(H,18,19,20,21). The molecule has 8 heteroatoms. The number of aromatic amines is 1. The number of ether oxygens (including phenoxy) is 1. The first-order valence-corrected chi connectivity index (χ1v) is 7.40. The first-order chi connectivity index (χ1) is 10.6. The second-order valence-electron chi connectivity index (χ2n) is 4.41. The van der Waals surface area contributed by atoms with Crippen LogP contribution in [-0.4, -0.2) is 20.6 Å². The molecule has 0 aliphatic carbocycles. The molecular weight excluding hydrogens is 375 g/mol. The molecule has 112 valence electrons. The van der Waals surface area contributed by atoms with Gasteiger partial charge in [0.1, 0.15) is 18.2 Å². The van der Waals surface area contributed by atoms with E-state index in [2.05, 4.69) is 36.6 Å². The lowest BCUT2D eigenvalue weighted by molar-refractivity contribution is 0.304. The van der Waals surface area contributed by atoms with Crippen LogP contribution >= 0.6 is 27.5 Å². The minimum absolute atomic E-state index is 0.235. The maximum Gasteiger partial charge on any atom is 0.204 e. The van der Waals surface area contributed by atoms with E-state index in [-0.39, 0.29) is 12.4 Å². The van der Waals surface area contributed by atoms with E-state index in [0.29, 0.717) is 22.2 Å². The molecule has 0 amide bonds. The van der Waals surface area contributed by atoms with E-state index in [1.807, 2.05) is 12.1 Å². The molecule has 0 bridgehead atoms. The predicted molar refractivity (Wildman–Crippen MR) is 83.1 cm³/mol. The molecule has 2 aromatic carbocycles. The van der Waals surface area contributed by atoms with Crippen molar-refractivity contribution in [2.24, 2.45) is 0 Å². The van der Waals surface area contributed by atoms with Crippen molar-refractivity contribution in [3.05, 3.63) is 57.3 Å². The number of benzene rings is 2. The summed E-state index contributed by atoms with van der Waals surface area (Å²) in [5.74, 6) is 0.751. The van der Waals surface area contributed by atoms with Crippen LogP contribution in [-0.2, 0) is 6.61 Å². The smallest absolute Gasteiger partial charge is 0.204 e. The zero-order valence-electron chi connectivity index (χ0n) is 11.1. The Kier molecular flexibility index (Phi) is 4.35. The number of halogens is 3. The summed E-state index contributed by atoms with van der Waals surface area (Å²) in [4.78, 5) is 0. The summed E-state index contributed by atoms with van der Waals surface area (Å²) < 4.78 is 19.4. The molecule has 3 rings (SSSR count). The third-order valence-electron chi connectivity index (χ3n) is 2.93. The summed E-state index contributed by atoms with van der Waals surface area (Å²) in [7, 11) is 0. The zero-order chi connectivity index (χ0) is 15.5. The van der Waals surface area contributed by atoms with Gasteiger partial charge in [0.25, 0.3) is 0 Å². The fourth-order valence-electron chi connectivity index (χ4n) is 1.84. The van der Waals surface area contributed by atoms with Crippen molar-refractivity contribution in [2.75, 3.05) is 0 Å². The van der Waals surface area contributed by atoms with Crippen molar-refractivity contribution < 1.29 is 9.13 Å². The van der Waals surface area contributed by atoms with Crippen LogP contribution in [0, 0.1) is 5.82 Å². The average molecular weight is 384 g/mol. The Morgan fingerprint density at radius 2 is 2.09 bits per heavy atom. The van der Waals surface area contributed by atoms with Crippen LogP contribution in [0.5, 0.6) is 5.75 Å². The molecule has 5 nitrogen and oxygen atoms in total. The van der Waals surface area contributed by atoms with Crippen LogP contribution in [0.15, 0.2) is 40.9 Å². The fourth-order valence-corrected chi connectivity index (χ4v) is 2.55. The van der Waals surface area contributed by atoms with Crippen molar-refractivity contribution in [3.63, 3.8) is 0 Å². The molecule has 3 aromatic rings. The lowest BCUT2D eigenvalue weighted by Crippen LogP contribution is -1.97. The molecule has 22 heavy (non-hydrogen) atoms. The summed E-state index contributed by atoms with van der Waals surface area (Å²) in [5, 5.41) is 14.1. The highest BCUT2D eigenvalue weighted by molar-refractivity contribution is 9.10. The highest BCUT2D eigenvalue weighted by Gasteiger charge is 2.09. The van der Waals surface area contributed by atoms with Gasteiger partial charge in [0.05, 0.1) is 9.50 Å². The van der Waals surface area contributed by atoms with Crippen LogP contribution in [0.2, 0.25) is 5.02 Å². The van der Waals surface area contributed by atoms with E-state index >= 15 is 0 Å². The highest BCUT2D eigenvalue weighted by atomic mass is 79.9. The van der Waals surface area contributed by atoms with E-state index in [1.54, 1.807) is 12.1 Å². The number of tetrazole rings is 1. The van der Waals surface area contributed by atoms with Gasteiger partial charge in [-0.1, -0.05) is 17.7 Å². The lowest BCUT2D eigenvalue weighted by Gasteiger charge is -2.10. The van der Waals surface area contributed by atoms with Crippen molar-refractivity contribution in [2.45, 2.75) is 6.61 Å². The quantitative estimate of drug-likeness (QED) is 0.739. The van der Waals surface area contributed by atoms with Gasteiger partial charge in [-0.2, -0.15) is 5.21 Å². The monoisotopic (exact) mass is 382 g/mol. The largest absolute Gasteiger partial charge is 0.488 e. The highest BCUT2D eigenvalue weighted by Crippen LogP contribution is 2.30. The number of aromatic nitrogens is 4. The molecule has 0 spiro atoms. The molecule has 0 unspecified atom stereocenters. The predicted octanol–water partition coefficient (Wildman–Crippen LogP) is 4.00. The van der Waals surface area contributed by atoms with Crippen LogP contribution in [0.25, 0.3) is 11.4 Å². The van der Waals surface area contributed by atoms with Crippen LogP contribution < -0.4 is 4.74 Å². The first kappa shape index (κ1) is 14.9. The zero-order valence-corrected chi connectivity index (χ0v) is 13.4. The first-order valence-electron chi connectivity index (χ1n) is 6.23. The van der Waals surface area contributed by atoms with E-state index in [4.69, 9.17) is 16.3 Å². The molecule has 0 aliphatic heterocycles. The topological polar surface area (TPSA) is 63.7 Å². The number of hydrogen-bond acceptors (Lipinski definition) is 4. The van der Waals surface area contributed by atoms with Gasteiger partial charge in [-0.05, 0) is 51.5 Å². The molecule has 0 atom stereocenters. The Labute approximate surface area is 138 Å². The molecule has 0 fully saturated rings. The summed E-state index contributed by atoms with van der Waals surface area (Å²) in [6, 6.07) is 9.63. The maximum absolute atomic E-state index is 13.0. The molecule has 1 aromatic heterocycles. The second-order valence-corrected chi connectivity index (χ2v) is 5.67. The van der Waals surface area contributed by atoms with E-state index < -0.39 is 0 Å². The number of rotatable bonds is 4. The minimum Gasteiger partial charge on any atom is -0.488 e. The van der Waals surface area contributed by atoms with Gasteiger partial charge >= 0.3 is 0 Å². The van der Waals surface area contributed by atoms with Crippen LogP contribution in [0.4, 0.5) is 4.39 Å². The van der Waals surface area contributed by atoms with Crippen molar-refractivity contribution in [1.82, 2.24) is 20.6 Å².